The Morgan fingerprint density at radius 3 is 2.35 bits per heavy atom. The highest BCUT2D eigenvalue weighted by atomic mass is 79.9. The van der Waals surface area contributed by atoms with E-state index in [2.05, 4.69) is 77.8 Å². The fraction of sp³-hybridized carbons (Fsp3) is 0.625. The molecule has 3 nitrogen and oxygen atoms in total. The Bertz CT molecular complexity index is 437. The Labute approximate surface area is 131 Å². The van der Waals surface area contributed by atoms with E-state index in [0.29, 0.717) is 12.1 Å². The van der Waals surface area contributed by atoms with Gasteiger partial charge in [-0.2, -0.15) is 0 Å². The molecule has 112 valence electrons. The van der Waals surface area contributed by atoms with E-state index in [-0.39, 0.29) is 12.1 Å². The van der Waals surface area contributed by atoms with Gasteiger partial charge in [-0.15, -0.1) is 0 Å². The van der Waals surface area contributed by atoms with Crippen LogP contribution in [-0.2, 0) is 0 Å². The lowest BCUT2D eigenvalue weighted by atomic mass is 9.96. The average molecular weight is 340 g/mol. The second-order valence-corrected chi connectivity index (χ2v) is 7.09. The van der Waals surface area contributed by atoms with E-state index in [1.54, 1.807) is 0 Å². The highest BCUT2D eigenvalue weighted by Gasteiger charge is 2.33. The number of hydrogen-bond acceptors (Lipinski definition) is 3. The van der Waals surface area contributed by atoms with Crippen molar-refractivity contribution in [2.45, 2.75) is 44.9 Å². The SMILES string of the molecule is CC(N)C(c1cccc(Br)c1)N1CC(C)N(C)C(C)C1. The fourth-order valence-corrected chi connectivity index (χ4v) is 3.63. The van der Waals surface area contributed by atoms with E-state index >= 15 is 0 Å². The Morgan fingerprint density at radius 1 is 1.25 bits per heavy atom. The summed E-state index contributed by atoms with van der Waals surface area (Å²) in [6.07, 6.45) is 0. The van der Waals surface area contributed by atoms with Crippen molar-refractivity contribution >= 4 is 15.9 Å². The predicted octanol–water partition coefficient (Wildman–Crippen LogP) is 2.86. The third-order valence-corrected chi connectivity index (χ3v) is 4.96. The molecule has 4 heteroatoms. The minimum absolute atomic E-state index is 0.118. The largest absolute Gasteiger partial charge is 0.326 e. The molecule has 1 aromatic rings. The number of hydrogen-bond donors (Lipinski definition) is 1. The molecule has 0 spiro atoms. The van der Waals surface area contributed by atoms with Crippen LogP contribution in [0.2, 0.25) is 0 Å². The van der Waals surface area contributed by atoms with Crippen LogP contribution in [0.5, 0.6) is 0 Å². The predicted molar refractivity (Wildman–Crippen MR) is 88.8 cm³/mol. The molecule has 0 bridgehead atoms. The van der Waals surface area contributed by atoms with Crippen molar-refractivity contribution in [3.63, 3.8) is 0 Å². The first-order chi connectivity index (χ1) is 9.40. The zero-order valence-electron chi connectivity index (χ0n) is 12.9. The van der Waals surface area contributed by atoms with Crippen molar-refractivity contribution < 1.29 is 0 Å². The van der Waals surface area contributed by atoms with Crippen molar-refractivity contribution in [1.29, 1.82) is 0 Å². The minimum Gasteiger partial charge on any atom is -0.326 e. The molecule has 1 fully saturated rings. The number of likely N-dealkylation sites (N-methyl/N-ethyl adjacent to an activating group) is 1. The van der Waals surface area contributed by atoms with Gasteiger partial charge in [0.2, 0.25) is 0 Å². The molecule has 2 rings (SSSR count). The molecule has 0 saturated carbocycles. The van der Waals surface area contributed by atoms with Crippen LogP contribution in [0, 0.1) is 0 Å². The Balaban J connectivity index is 2.25. The zero-order valence-corrected chi connectivity index (χ0v) is 14.5. The Morgan fingerprint density at radius 2 is 1.85 bits per heavy atom. The normalized spacial score (nSPS) is 28.3. The van der Waals surface area contributed by atoms with Crippen LogP contribution in [0.1, 0.15) is 32.4 Å². The molecule has 0 radical (unpaired) electrons. The van der Waals surface area contributed by atoms with Crippen molar-refractivity contribution in [1.82, 2.24) is 9.80 Å². The maximum atomic E-state index is 6.30. The van der Waals surface area contributed by atoms with Gasteiger partial charge in [-0.1, -0.05) is 28.1 Å². The summed E-state index contributed by atoms with van der Waals surface area (Å²) in [6, 6.07) is 10.1. The lowest BCUT2D eigenvalue weighted by Crippen LogP contribution is -2.57. The molecule has 4 atom stereocenters. The van der Waals surface area contributed by atoms with E-state index in [4.69, 9.17) is 5.73 Å². The first kappa shape index (κ1) is 16.0. The zero-order chi connectivity index (χ0) is 14.9. The topological polar surface area (TPSA) is 32.5 Å². The van der Waals surface area contributed by atoms with Crippen molar-refractivity contribution in [3.05, 3.63) is 34.3 Å². The number of nitrogens with zero attached hydrogens (tertiary/aromatic N) is 2. The van der Waals surface area contributed by atoms with Crippen molar-refractivity contribution in [2.75, 3.05) is 20.1 Å². The summed E-state index contributed by atoms with van der Waals surface area (Å²) < 4.78 is 1.12. The smallest absolute Gasteiger partial charge is 0.0498 e. The number of nitrogens with two attached hydrogens (primary N) is 1. The third-order valence-electron chi connectivity index (χ3n) is 4.47. The average Bonchev–Trinajstić information content (AvgIpc) is 2.35. The van der Waals surface area contributed by atoms with Crippen LogP contribution in [0.3, 0.4) is 0 Å². The van der Waals surface area contributed by atoms with Crippen LogP contribution in [0.15, 0.2) is 28.7 Å². The van der Waals surface area contributed by atoms with Crippen LogP contribution in [0.25, 0.3) is 0 Å². The lowest BCUT2D eigenvalue weighted by Gasteiger charge is -2.46. The lowest BCUT2D eigenvalue weighted by molar-refractivity contribution is 0.0274. The van der Waals surface area contributed by atoms with E-state index in [9.17, 15) is 0 Å². The molecule has 1 heterocycles. The summed E-state index contributed by atoms with van der Waals surface area (Å²) in [5.74, 6) is 0. The molecule has 1 aliphatic heterocycles. The van der Waals surface area contributed by atoms with Gasteiger partial charge in [0.05, 0.1) is 0 Å². The molecule has 1 saturated heterocycles. The van der Waals surface area contributed by atoms with Gasteiger partial charge in [0.15, 0.2) is 0 Å². The van der Waals surface area contributed by atoms with Gasteiger partial charge in [-0.3, -0.25) is 9.80 Å². The summed E-state index contributed by atoms with van der Waals surface area (Å²) in [5.41, 5.74) is 7.61. The van der Waals surface area contributed by atoms with Crippen molar-refractivity contribution in [2.24, 2.45) is 5.73 Å². The molecule has 2 N–H and O–H groups in total. The number of benzene rings is 1. The Hall–Kier alpha value is -0.420. The van der Waals surface area contributed by atoms with Crippen LogP contribution in [0.4, 0.5) is 0 Å². The maximum Gasteiger partial charge on any atom is 0.0498 e. The van der Waals surface area contributed by atoms with E-state index < -0.39 is 0 Å². The monoisotopic (exact) mass is 339 g/mol. The summed E-state index contributed by atoms with van der Waals surface area (Å²) in [4.78, 5) is 5.00. The molecular formula is C16H26BrN3. The highest BCUT2D eigenvalue weighted by Crippen LogP contribution is 2.29. The molecule has 0 aliphatic carbocycles. The molecule has 0 aromatic heterocycles. The molecule has 1 aromatic carbocycles. The van der Waals surface area contributed by atoms with Gasteiger partial charge < -0.3 is 5.73 Å². The van der Waals surface area contributed by atoms with Crippen LogP contribution in [-0.4, -0.2) is 48.1 Å². The second-order valence-electron chi connectivity index (χ2n) is 6.18. The van der Waals surface area contributed by atoms with Crippen LogP contribution >= 0.6 is 15.9 Å². The molecule has 20 heavy (non-hydrogen) atoms. The van der Waals surface area contributed by atoms with Gasteiger partial charge in [0.25, 0.3) is 0 Å². The van der Waals surface area contributed by atoms with Gasteiger partial charge >= 0.3 is 0 Å². The number of rotatable bonds is 3. The van der Waals surface area contributed by atoms with Crippen LogP contribution < -0.4 is 5.73 Å². The quantitative estimate of drug-likeness (QED) is 0.918. The molecule has 4 unspecified atom stereocenters. The first-order valence-electron chi connectivity index (χ1n) is 7.37. The second kappa shape index (κ2) is 6.56. The molecular weight excluding hydrogens is 314 g/mol. The number of halogens is 1. The number of piperazine rings is 1. The summed E-state index contributed by atoms with van der Waals surface area (Å²) in [5, 5.41) is 0. The summed E-state index contributed by atoms with van der Waals surface area (Å²) in [6.45, 7) is 8.84. The summed E-state index contributed by atoms with van der Waals surface area (Å²) >= 11 is 3.57. The van der Waals surface area contributed by atoms with E-state index in [1.807, 2.05) is 0 Å². The van der Waals surface area contributed by atoms with Gasteiger partial charge in [-0.05, 0) is 45.5 Å². The Kier molecular flexibility index (Phi) is 5.24. The fourth-order valence-electron chi connectivity index (χ4n) is 3.21. The van der Waals surface area contributed by atoms with E-state index in [1.165, 1.54) is 5.56 Å². The van der Waals surface area contributed by atoms with Gasteiger partial charge in [-0.25, -0.2) is 0 Å². The van der Waals surface area contributed by atoms with E-state index in [0.717, 1.165) is 17.6 Å². The maximum absolute atomic E-state index is 6.30. The first-order valence-corrected chi connectivity index (χ1v) is 8.16. The molecule has 1 aliphatic rings. The molecule has 0 amide bonds. The standard InChI is InChI=1S/C16H26BrN3/c1-11-9-20(10-12(2)19(11)4)16(13(3)18)14-6-5-7-15(17)8-14/h5-8,11-13,16H,9-10,18H2,1-4H3. The van der Waals surface area contributed by atoms with Crippen molar-refractivity contribution in [3.8, 4) is 0 Å². The van der Waals surface area contributed by atoms with Gasteiger partial charge in [0, 0.05) is 41.7 Å². The summed E-state index contributed by atoms with van der Waals surface area (Å²) in [7, 11) is 2.21. The minimum atomic E-state index is 0.118. The third kappa shape index (κ3) is 3.42. The van der Waals surface area contributed by atoms with Gasteiger partial charge in [0.1, 0.15) is 0 Å². The highest BCUT2D eigenvalue weighted by molar-refractivity contribution is 9.10.